The summed E-state index contributed by atoms with van der Waals surface area (Å²) in [7, 11) is 0. The second kappa shape index (κ2) is 6.76. The maximum Gasteiger partial charge on any atom is 0.165 e. The van der Waals surface area contributed by atoms with E-state index in [1.54, 1.807) is 12.1 Å². The Balaban J connectivity index is 2.00. The molecular weight excluding hydrogens is 269 g/mol. The van der Waals surface area contributed by atoms with Gasteiger partial charge in [0, 0.05) is 6.04 Å². The third kappa shape index (κ3) is 4.33. The summed E-state index contributed by atoms with van der Waals surface area (Å²) in [4.78, 5) is 0. The summed E-state index contributed by atoms with van der Waals surface area (Å²) >= 11 is 0. The van der Waals surface area contributed by atoms with Gasteiger partial charge in [-0.2, -0.15) is 0 Å². The van der Waals surface area contributed by atoms with E-state index in [4.69, 9.17) is 9.15 Å². The van der Waals surface area contributed by atoms with E-state index >= 15 is 0 Å². The lowest BCUT2D eigenvalue weighted by molar-refractivity contribution is 0.253. The van der Waals surface area contributed by atoms with E-state index in [9.17, 15) is 4.39 Å². The number of nitrogens with one attached hydrogen (secondary N) is 1. The Morgan fingerprint density at radius 2 is 2.00 bits per heavy atom. The monoisotopic (exact) mass is 291 g/mol. The Hall–Kier alpha value is -1.81. The van der Waals surface area contributed by atoms with E-state index < -0.39 is 0 Å². The van der Waals surface area contributed by atoms with Gasteiger partial charge in [-0.05, 0) is 43.2 Å². The molecule has 0 amide bonds. The first-order valence-electron chi connectivity index (χ1n) is 7.16. The lowest BCUT2D eigenvalue weighted by Crippen LogP contribution is -2.21. The Bertz CT molecular complexity index is 605. The van der Waals surface area contributed by atoms with Gasteiger partial charge in [0.2, 0.25) is 0 Å². The van der Waals surface area contributed by atoms with Gasteiger partial charge in [0.25, 0.3) is 0 Å². The molecule has 0 atom stereocenters. The van der Waals surface area contributed by atoms with Crippen molar-refractivity contribution in [1.82, 2.24) is 5.32 Å². The van der Waals surface area contributed by atoms with Crippen molar-refractivity contribution in [3.8, 4) is 5.75 Å². The molecule has 0 radical (unpaired) electrons. The Kier molecular flexibility index (Phi) is 5.02. The average Bonchev–Trinajstić information content (AvgIpc) is 2.78. The fourth-order valence-corrected chi connectivity index (χ4v) is 2.00. The summed E-state index contributed by atoms with van der Waals surface area (Å²) in [5.41, 5.74) is 2.04. The van der Waals surface area contributed by atoms with Crippen LogP contribution in [0.2, 0.25) is 0 Å². The highest BCUT2D eigenvalue weighted by Gasteiger charge is 2.10. The van der Waals surface area contributed by atoms with Crippen LogP contribution in [0.15, 0.2) is 28.7 Å². The summed E-state index contributed by atoms with van der Waals surface area (Å²) in [6, 6.07) is 7.15. The van der Waals surface area contributed by atoms with Crippen molar-refractivity contribution in [2.24, 2.45) is 0 Å². The highest BCUT2D eigenvalue weighted by molar-refractivity contribution is 5.29. The minimum atomic E-state index is -0.356. The Labute approximate surface area is 125 Å². The van der Waals surface area contributed by atoms with Crippen molar-refractivity contribution < 1.29 is 13.5 Å². The molecule has 0 saturated carbocycles. The topological polar surface area (TPSA) is 34.4 Å². The Morgan fingerprint density at radius 1 is 1.24 bits per heavy atom. The predicted molar refractivity (Wildman–Crippen MR) is 80.9 cm³/mol. The van der Waals surface area contributed by atoms with Gasteiger partial charge in [0.1, 0.15) is 18.1 Å². The molecule has 0 bridgehead atoms. The molecule has 0 unspecified atom stereocenters. The fourth-order valence-electron chi connectivity index (χ4n) is 2.00. The van der Waals surface area contributed by atoms with Crippen LogP contribution < -0.4 is 10.1 Å². The van der Waals surface area contributed by atoms with Gasteiger partial charge < -0.3 is 14.5 Å². The molecule has 3 nitrogen and oxygen atoms in total. The molecular formula is C17H22FNO2. The lowest BCUT2D eigenvalue weighted by Gasteiger charge is -2.07. The highest BCUT2D eigenvalue weighted by atomic mass is 19.1. The van der Waals surface area contributed by atoms with Crippen molar-refractivity contribution >= 4 is 0 Å². The SMILES string of the molecule is Cc1ccc(F)c(OCc2cc(C)c(CNC(C)C)o2)c1. The van der Waals surface area contributed by atoms with Crippen LogP contribution in [-0.4, -0.2) is 6.04 Å². The quantitative estimate of drug-likeness (QED) is 0.869. The molecule has 0 spiro atoms. The smallest absolute Gasteiger partial charge is 0.165 e. The summed E-state index contributed by atoms with van der Waals surface area (Å²) in [5.74, 6) is 1.50. The summed E-state index contributed by atoms with van der Waals surface area (Å²) in [6.45, 7) is 8.98. The summed E-state index contributed by atoms with van der Waals surface area (Å²) in [5, 5.41) is 3.31. The van der Waals surface area contributed by atoms with Crippen LogP contribution >= 0.6 is 0 Å². The van der Waals surface area contributed by atoms with Crippen LogP contribution in [0.5, 0.6) is 5.75 Å². The molecule has 2 rings (SSSR count). The third-order valence-corrected chi connectivity index (χ3v) is 3.20. The van der Waals surface area contributed by atoms with Crippen molar-refractivity contribution in [1.29, 1.82) is 0 Å². The summed E-state index contributed by atoms with van der Waals surface area (Å²) in [6.07, 6.45) is 0. The maximum absolute atomic E-state index is 13.6. The molecule has 4 heteroatoms. The van der Waals surface area contributed by atoms with Crippen LogP contribution in [0.25, 0.3) is 0 Å². The molecule has 0 saturated heterocycles. The molecule has 1 aromatic heterocycles. The minimum Gasteiger partial charge on any atom is -0.483 e. The van der Waals surface area contributed by atoms with Crippen molar-refractivity contribution in [3.05, 3.63) is 52.7 Å². The van der Waals surface area contributed by atoms with Crippen LogP contribution in [0.3, 0.4) is 0 Å². The van der Waals surface area contributed by atoms with E-state index in [0.717, 1.165) is 16.9 Å². The minimum absolute atomic E-state index is 0.225. The second-order valence-corrected chi connectivity index (χ2v) is 5.58. The van der Waals surface area contributed by atoms with Crippen molar-refractivity contribution in [2.75, 3.05) is 0 Å². The number of benzene rings is 1. The molecule has 0 aliphatic rings. The van der Waals surface area contributed by atoms with E-state index in [1.807, 2.05) is 19.9 Å². The van der Waals surface area contributed by atoms with Gasteiger partial charge in [0.05, 0.1) is 6.54 Å². The molecule has 0 aliphatic carbocycles. The first-order valence-corrected chi connectivity index (χ1v) is 7.16. The molecule has 2 aromatic rings. The second-order valence-electron chi connectivity index (χ2n) is 5.58. The third-order valence-electron chi connectivity index (χ3n) is 3.20. The zero-order chi connectivity index (χ0) is 15.4. The van der Waals surface area contributed by atoms with Gasteiger partial charge in [0.15, 0.2) is 11.6 Å². The highest BCUT2D eigenvalue weighted by Crippen LogP contribution is 2.21. The zero-order valence-electron chi connectivity index (χ0n) is 13.0. The lowest BCUT2D eigenvalue weighted by atomic mass is 10.2. The van der Waals surface area contributed by atoms with Crippen molar-refractivity contribution in [3.63, 3.8) is 0 Å². The van der Waals surface area contributed by atoms with Gasteiger partial charge >= 0.3 is 0 Å². The van der Waals surface area contributed by atoms with Gasteiger partial charge in [-0.15, -0.1) is 0 Å². The maximum atomic E-state index is 13.6. The average molecular weight is 291 g/mol. The van der Waals surface area contributed by atoms with E-state index in [1.165, 1.54) is 6.07 Å². The van der Waals surface area contributed by atoms with Gasteiger partial charge in [-0.25, -0.2) is 4.39 Å². The van der Waals surface area contributed by atoms with Crippen LogP contribution in [0.1, 0.15) is 36.5 Å². The first kappa shape index (κ1) is 15.6. The summed E-state index contributed by atoms with van der Waals surface area (Å²) < 4.78 is 24.9. The normalized spacial score (nSPS) is 11.1. The molecule has 0 fully saturated rings. The number of aryl methyl sites for hydroxylation is 2. The molecule has 0 aliphatic heterocycles. The van der Waals surface area contributed by atoms with Crippen molar-refractivity contribution in [2.45, 2.75) is 46.9 Å². The number of hydrogen-bond acceptors (Lipinski definition) is 3. The van der Waals surface area contributed by atoms with E-state index in [2.05, 4.69) is 19.2 Å². The predicted octanol–water partition coefficient (Wildman–Crippen LogP) is 4.11. The zero-order valence-corrected chi connectivity index (χ0v) is 13.0. The standard InChI is InChI=1S/C17H22FNO2/c1-11(2)19-9-17-13(4)8-14(21-17)10-20-16-7-12(3)5-6-15(16)18/h5-8,11,19H,9-10H2,1-4H3. The number of hydrogen-bond donors (Lipinski definition) is 1. The number of rotatable bonds is 6. The number of ether oxygens (including phenoxy) is 1. The number of furan rings is 1. The van der Waals surface area contributed by atoms with Gasteiger partial charge in [-0.1, -0.05) is 19.9 Å². The van der Waals surface area contributed by atoms with E-state index in [-0.39, 0.29) is 18.2 Å². The van der Waals surface area contributed by atoms with Gasteiger partial charge in [-0.3, -0.25) is 0 Å². The fraction of sp³-hybridized carbons (Fsp3) is 0.412. The molecule has 1 N–H and O–H groups in total. The first-order chi connectivity index (χ1) is 9.95. The largest absolute Gasteiger partial charge is 0.483 e. The van der Waals surface area contributed by atoms with Crippen LogP contribution in [0.4, 0.5) is 4.39 Å². The molecule has 114 valence electrons. The Morgan fingerprint density at radius 3 is 2.71 bits per heavy atom. The van der Waals surface area contributed by atoms with E-state index in [0.29, 0.717) is 18.3 Å². The molecule has 1 aromatic carbocycles. The molecule has 1 heterocycles. The molecule has 21 heavy (non-hydrogen) atoms. The van der Waals surface area contributed by atoms with Crippen LogP contribution in [-0.2, 0) is 13.2 Å². The number of halogens is 1. The van der Waals surface area contributed by atoms with Crippen LogP contribution in [0, 0.1) is 19.7 Å².